The normalized spacial score (nSPS) is 25.0. The van der Waals surface area contributed by atoms with Gasteiger partial charge in [0, 0.05) is 12.5 Å². The molecule has 0 bridgehead atoms. The van der Waals surface area contributed by atoms with Crippen molar-refractivity contribution in [3.63, 3.8) is 0 Å². The fourth-order valence-corrected chi connectivity index (χ4v) is 3.07. The molecule has 0 radical (unpaired) electrons. The average Bonchev–Trinajstić information content (AvgIpc) is 3.01. The fourth-order valence-electron chi connectivity index (χ4n) is 3.07. The number of aromatic nitrogens is 4. The van der Waals surface area contributed by atoms with Crippen molar-refractivity contribution < 1.29 is 5.11 Å². The molecule has 1 fully saturated rings. The summed E-state index contributed by atoms with van der Waals surface area (Å²) in [6.45, 7) is 0.184. The van der Waals surface area contributed by atoms with Gasteiger partial charge in [0.15, 0.2) is 5.65 Å². The number of hydrogen-bond acceptors (Lipinski definition) is 5. The highest BCUT2D eigenvalue weighted by Crippen LogP contribution is 2.35. The van der Waals surface area contributed by atoms with E-state index in [1.807, 2.05) is 6.33 Å². The molecule has 0 spiro atoms. The maximum Gasteiger partial charge on any atom is 0.222 e. The van der Waals surface area contributed by atoms with Gasteiger partial charge >= 0.3 is 0 Å². The van der Waals surface area contributed by atoms with Crippen molar-refractivity contribution in [3.05, 3.63) is 24.2 Å². The smallest absolute Gasteiger partial charge is 0.222 e. The highest BCUT2D eigenvalue weighted by Gasteiger charge is 2.26. The summed E-state index contributed by atoms with van der Waals surface area (Å²) in [5, 5.41) is 9.27. The molecule has 0 aliphatic heterocycles. The zero-order valence-corrected chi connectivity index (χ0v) is 11.8. The third kappa shape index (κ3) is 2.29. The Hall–Kier alpha value is -1.95. The van der Waals surface area contributed by atoms with Crippen LogP contribution in [-0.4, -0.2) is 31.2 Å². The molecule has 6 heteroatoms. The lowest BCUT2D eigenvalue weighted by Gasteiger charge is -2.13. The van der Waals surface area contributed by atoms with Crippen molar-refractivity contribution in [1.29, 1.82) is 0 Å². The third-order valence-corrected chi connectivity index (χ3v) is 4.43. The molecular formula is C15H19N5O. The van der Waals surface area contributed by atoms with E-state index in [9.17, 15) is 5.11 Å². The summed E-state index contributed by atoms with van der Waals surface area (Å²) in [5.74, 6) is 1.27. The number of nitrogen functional groups attached to an aromatic ring is 1. The average molecular weight is 285 g/mol. The molecule has 2 atom stereocenters. The molecule has 0 saturated heterocycles. The van der Waals surface area contributed by atoms with Gasteiger partial charge in [0.25, 0.3) is 0 Å². The molecule has 2 aromatic rings. The van der Waals surface area contributed by atoms with Crippen LogP contribution in [-0.2, 0) is 6.42 Å². The minimum absolute atomic E-state index is 0.184. The van der Waals surface area contributed by atoms with Gasteiger partial charge in [0.2, 0.25) is 5.95 Å². The van der Waals surface area contributed by atoms with Gasteiger partial charge in [-0.05, 0) is 31.6 Å². The molecule has 2 heterocycles. The van der Waals surface area contributed by atoms with Crippen molar-refractivity contribution >= 4 is 17.1 Å². The minimum atomic E-state index is 0.184. The number of fused-ring (bicyclic) bond motifs is 1. The maximum atomic E-state index is 9.27. The van der Waals surface area contributed by atoms with Crippen LogP contribution in [0.3, 0.4) is 0 Å². The number of anilines is 1. The molecule has 4 rings (SSSR count). The molecule has 110 valence electrons. The van der Waals surface area contributed by atoms with Crippen LogP contribution < -0.4 is 5.73 Å². The van der Waals surface area contributed by atoms with E-state index in [0.29, 0.717) is 5.95 Å². The first-order valence-electron chi connectivity index (χ1n) is 7.52. The summed E-state index contributed by atoms with van der Waals surface area (Å²) in [7, 11) is 0. The second-order valence-corrected chi connectivity index (χ2v) is 6.13. The van der Waals surface area contributed by atoms with Crippen LogP contribution in [0, 0.1) is 11.8 Å². The topological polar surface area (TPSA) is 89.8 Å². The summed E-state index contributed by atoms with van der Waals surface area (Å²) >= 11 is 0. The maximum absolute atomic E-state index is 9.27. The Morgan fingerprint density at radius 1 is 1.29 bits per heavy atom. The molecule has 3 N–H and O–H groups in total. The quantitative estimate of drug-likeness (QED) is 0.830. The lowest BCUT2D eigenvalue weighted by atomic mass is 10.1. The highest BCUT2D eigenvalue weighted by atomic mass is 16.3. The highest BCUT2D eigenvalue weighted by molar-refractivity contribution is 5.75. The van der Waals surface area contributed by atoms with Crippen LogP contribution in [0.5, 0.6) is 0 Å². The standard InChI is InChI=1S/C15H19N5O/c16-15-18-12(6-9-1-2-9)13-14(19-15)20(8-17-13)11-4-3-10(5-11)7-21/h3-4,8-11,21H,1-2,5-7H2,(H2,16,18,19)/t10-,11+/m1/s1. The molecule has 6 nitrogen and oxygen atoms in total. The van der Waals surface area contributed by atoms with Crippen LogP contribution in [0.25, 0.3) is 11.2 Å². The Labute approximate surface area is 122 Å². The summed E-state index contributed by atoms with van der Waals surface area (Å²) < 4.78 is 2.05. The Kier molecular flexibility index (Phi) is 2.92. The van der Waals surface area contributed by atoms with Crippen LogP contribution >= 0.6 is 0 Å². The van der Waals surface area contributed by atoms with E-state index in [1.165, 1.54) is 12.8 Å². The lowest BCUT2D eigenvalue weighted by Crippen LogP contribution is -2.09. The van der Waals surface area contributed by atoms with E-state index < -0.39 is 0 Å². The zero-order chi connectivity index (χ0) is 14.4. The van der Waals surface area contributed by atoms with E-state index in [-0.39, 0.29) is 18.6 Å². The second kappa shape index (κ2) is 4.80. The Bertz CT molecular complexity index is 703. The van der Waals surface area contributed by atoms with Crippen LogP contribution in [0.15, 0.2) is 18.5 Å². The van der Waals surface area contributed by atoms with Crippen molar-refractivity contribution in [2.45, 2.75) is 31.7 Å². The van der Waals surface area contributed by atoms with Gasteiger partial charge in [-0.2, -0.15) is 4.98 Å². The van der Waals surface area contributed by atoms with Gasteiger partial charge in [-0.1, -0.05) is 12.2 Å². The first-order chi connectivity index (χ1) is 10.2. The molecular weight excluding hydrogens is 266 g/mol. The van der Waals surface area contributed by atoms with E-state index in [1.54, 1.807) is 0 Å². The van der Waals surface area contributed by atoms with E-state index in [0.717, 1.165) is 35.6 Å². The van der Waals surface area contributed by atoms with E-state index in [2.05, 4.69) is 31.7 Å². The fraction of sp³-hybridized carbons (Fsp3) is 0.533. The Balaban J connectivity index is 1.73. The lowest BCUT2D eigenvalue weighted by molar-refractivity contribution is 0.244. The van der Waals surface area contributed by atoms with Gasteiger partial charge in [0.05, 0.1) is 18.1 Å². The van der Waals surface area contributed by atoms with Crippen molar-refractivity contribution in [2.75, 3.05) is 12.3 Å². The van der Waals surface area contributed by atoms with E-state index in [4.69, 9.17) is 5.73 Å². The Morgan fingerprint density at radius 2 is 2.14 bits per heavy atom. The van der Waals surface area contributed by atoms with Crippen LogP contribution in [0.4, 0.5) is 5.95 Å². The number of rotatable bonds is 4. The number of nitrogens with zero attached hydrogens (tertiary/aromatic N) is 4. The predicted molar refractivity (Wildman–Crippen MR) is 79.5 cm³/mol. The molecule has 1 saturated carbocycles. The van der Waals surface area contributed by atoms with Crippen molar-refractivity contribution in [1.82, 2.24) is 19.5 Å². The van der Waals surface area contributed by atoms with Gasteiger partial charge in [-0.3, -0.25) is 0 Å². The molecule has 0 unspecified atom stereocenters. The van der Waals surface area contributed by atoms with Gasteiger partial charge in [0.1, 0.15) is 5.52 Å². The van der Waals surface area contributed by atoms with Crippen molar-refractivity contribution in [3.8, 4) is 0 Å². The van der Waals surface area contributed by atoms with E-state index >= 15 is 0 Å². The number of hydrogen-bond donors (Lipinski definition) is 2. The summed E-state index contributed by atoms with van der Waals surface area (Å²) in [6.07, 6.45) is 10.4. The van der Waals surface area contributed by atoms with Gasteiger partial charge in [-0.15, -0.1) is 0 Å². The number of aliphatic hydroxyl groups is 1. The second-order valence-electron chi connectivity index (χ2n) is 6.13. The number of imidazole rings is 1. The Morgan fingerprint density at radius 3 is 2.86 bits per heavy atom. The molecule has 2 aromatic heterocycles. The predicted octanol–water partition coefficient (Wildman–Crippen LogP) is 1.47. The van der Waals surface area contributed by atoms with Crippen molar-refractivity contribution in [2.24, 2.45) is 11.8 Å². The first kappa shape index (κ1) is 12.8. The number of allylic oxidation sites excluding steroid dienone is 1. The minimum Gasteiger partial charge on any atom is -0.396 e. The van der Waals surface area contributed by atoms with Crippen LogP contribution in [0.2, 0.25) is 0 Å². The summed E-state index contributed by atoms with van der Waals surface area (Å²) in [4.78, 5) is 13.3. The monoisotopic (exact) mass is 285 g/mol. The largest absolute Gasteiger partial charge is 0.396 e. The van der Waals surface area contributed by atoms with Gasteiger partial charge < -0.3 is 15.4 Å². The molecule has 2 aliphatic carbocycles. The SMILES string of the molecule is Nc1nc(CC2CC2)c2ncn([C@H]3C=C[C@@H](CO)C3)c2n1. The first-order valence-corrected chi connectivity index (χ1v) is 7.52. The molecule has 0 amide bonds. The molecule has 0 aromatic carbocycles. The summed E-state index contributed by atoms with van der Waals surface area (Å²) in [6, 6.07) is 0.190. The van der Waals surface area contributed by atoms with Crippen LogP contribution in [0.1, 0.15) is 31.0 Å². The van der Waals surface area contributed by atoms with Gasteiger partial charge in [-0.25, -0.2) is 9.97 Å². The summed E-state index contributed by atoms with van der Waals surface area (Å²) in [5.41, 5.74) is 8.54. The number of aliphatic hydroxyl groups excluding tert-OH is 1. The number of nitrogens with two attached hydrogens (primary N) is 1. The third-order valence-electron chi connectivity index (χ3n) is 4.43. The molecule has 2 aliphatic rings. The zero-order valence-electron chi connectivity index (χ0n) is 11.8. The molecule has 21 heavy (non-hydrogen) atoms.